The summed E-state index contributed by atoms with van der Waals surface area (Å²) in [6.07, 6.45) is 3.06. The third-order valence-electron chi connectivity index (χ3n) is 6.06. The summed E-state index contributed by atoms with van der Waals surface area (Å²) in [5.41, 5.74) is 1.57. The Morgan fingerprint density at radius 1 is 0.886 bits per heavy atom. The fraction of sp³-hybridized carbons (Fsp3) is 0.259. The van der Waals surface area contributed by atoms with Gasteiger partial charge in [-0.3, -0.25) is 13.9 Å². The van der Waals surface area contributed by atoms with E-state index in [1.807, 2.05) is 11.0 Å². The zero-order valence-electron chi connectivity index (χ0n) is 19.7. The third kappa shape index (κ3) is 5.38. The van der Waals surface area contributed by atoms with Crippen LogP contribution in [0.5, 0.6) is 0 Å². The second kappa shape index (κ2) is 10.7. The lowest BCUT2D eigenvalue weighted by Crippen LogP contribution is -2.36. The number of anilines is 2. The van der Waals surface area contributed by atoms with Crippen LogP contribution in [0, 0.1) is 0 Å². The molecule has 0 saturated carbocycles. The minimum atomic E-state index is -3.88. The Labute approximate surface area is 206 Å². The molecule has 4 rings (SSSR count). The summed E-state index contributed by atoms with van der Waals surface area (Å²) in [7, 11) is -3.88. The molecule has 2 amide bonds. The van der Waals surface area contributed by atoms with E-state index in [2.05, 4.69) is 5.32 Å². The zero-order chi connectivity index (χ0) is 24.8. The van der Waals surface area contributed by atoms with Gasteiger partial charge in [0, 0.05) is 25.2 Å². The van der Waals surface area contributed by atoms with Crippen LogP contribution in [0.25, 0.3) is 0 Å². The Bertz CT molecular complexity index is 1300. The lowest BCUT2D eigenvalue weighted by atomic mass is 10.1. The second-order valence-corrected chi connectivity index (χ2v) is 10.2. The molecule has 1 aliphatic heterocycles. The lowest BCUT2D eigenvalue weighted by Gasteiger charge is -2.27. The minimum Gasteiger partial charge on any atom is -0.339 e. The number of nitrogens with one attached hydrogen (secondary N) is 1. The first-order chi connectivity index (χ1) is 16.9. The van der Waals surface area contributed by atoms with Gasteiger partial charge in [-0.05, 0) is 68.7 Å². The van der Waals surface area contributed by atoms with Crippen molar-refractivity contribution in [3.63, 3.8) is 0 Å². The quantitative estimate of drug-likeness (QED) is 0.515. The van der Waals surface area contributed by atoms with Crippen LogP contribution in [0.15, 0.2) is 83.8 Å². The zero-order valence-corrected chi connectivity index (χ0v) is 20.5. The molecule has 1 heterocycles. The number of hydrogen-bond acceptors (Lipinski definition) is 4. The molecule has 3 aromatic rings. The summed E-state index contributed by atoms with van der Waals surface area (Å²) in [4.78, 5) is 28.0. The Kier molecular flexibility index (Phi) is 7.51. The molecule has 3 aromatic carbocycles. The largest absolute Gasteiger partial charge is 0.339 e. The lowest BCUT2D eigenvalue weighted by molar-refractivity contribution is 0.0725. The molecule has 0 radical (unpaired) electrons. The van der Waals surface area contributed by atoms with Crippen molar-refractivity contribution < 1.29 is 18.0 Å². The van der Waals surface area contributed by atoms with E-state index in [1.165, 1.54) is 16.4 Å². The molecule has 1 aliphatic rings. The summed E-state index contributed by atoms with van der Waals surface area (Å²) >= 11 is 0. The maximum atomic E-state index is 13.4. The number of nitrogens with zero attached hydrogens (tertiary/aromatic N) is 2. The molecule has 0 aliphatic carbocycles. The van der Waals surface area contributed by atoms with Crippen molar-refractivity contribution in [2.45, 2.75) is 31.1 Å². The predicted octanol–water partition coefficient (Wildman–Crippen LogP) is 4.78. The van der Waals surface area contributed by atoms with Gasteiger partial charge >= 0.3 is 0 Å². The van der Waals surface area contributed by atoms with Gasteiger partial charge in [-0.15, -0.1) is 0 Å². The van der Waals surface area contributed by atoms with E-state index in [0.29, 0.717) is 30.0 Å². The van der Waals surface area contributed by atoms with Crippen LogP contribution in [-0.4, -0.2) is 44.8 Å². The van der Waals surface area contributed by atoms with Crippen molar-refractivity contribution in [2.24, 2.45) is 0 Å². The molecule has 1 fully saturated rings. The minimum absolute atomic E-state index is 0.0218. The highest BCUT2D eigenvalue weighted by atomic mass is 32.2. The fourth-order valence-corrected chi connectivity index (χ4v) is 5.77. The maximum absolute atomic E-state index is 13.4. The summed E-state index contributed by atoms with van der Waals surface area (Å²) in [6.45, 7) is 3.42. The van der Waals surface area contributed by atoms with Crippen LogP contribution in [0.1, 0.15) is 46.9 Å². The molecule has 0 unspecified atom stereocenters. The first-order valence-corrected chi connectivity index (χ1v) is 13.2. The van der Waals surface area contributed by atoms with Gasteiger partial charge in [0.2, 0.25) is 0 Å². The standard InChI is InChI=1S/C27H29N3O4S/c1-2-30(22-13-5-3-6-14-22)35(33,34)23-15-11-12-21(20-23)26(31)28-25-17-8-7-16-24(25)27(32)29-18-9-4-10-19-29/h3,5-8,11-17,20H,2,4,9-10,18-19H2,1H3,(H,28,31). The number of benzene rings is 3. The SMILES string of the molecule is CCN(c1ccccc1)S(=O)(=O)c1cccc(C(=O)Nc2ccccc2C(=O)N2CCCCC2)c1. The first kappa shape index (κ1) is 24.5. The van der Waals surface area contributed by atoms with Crippen molar-refractivity contribution in [3.8, 4) is 0 Å². The van der Waals surface area contributed by atoms with E-state index >= 15 is 0 Å². The van der Waals surface area contributed by atoms with Crippen molar-refractivity contribution >= 4 is 33.2 Å². The molecule has 7 nitrogen and oxygen atoms in total. The number of para-hydroxylation sites is 2. The van der Waals surface area contributed by atoms with Gasteiger partial charge < -0.3 is 10.2 Å². The Morgan fingerprint density at radius 3 is 2.29 bits per heavy atom. The summed E-state index contributed by atoms with van der Waals surface area (Å²) in [5, 5.41) is 2.81. The number of likely N-dealkylation sites (tertiary alicyclic amines) is 1. The summed E-state index contributed by atoms with van der Waals surface area (Å²) in [5.74, 6) is -0.595. The van der Waals surface area contributed by atoms with Gasteiger partial charge in [-0.2, -0.15) is 0 Å². The second-order valence-electron chi connectivity index (χ2n) is 8.39. The number of hydrogen-bond donors (Lipinski definition) is 1. The number of sulfonamides is 1. The highest BCUT2D eigenvalue weighted by Crippen LogP contribution is 2.25. The summed E-state index contributed by atoms with van der Waals surface area (Å²) < 4.78 is 28.0. The number of piperidine rings is 1. The van der Waals surface area contributed by atoms with Gasteiger partial charge in [0.25, 0.3) is 21.8 Å². The van der Waals surface area contributed by atoms with E-state index in [4.69, 9.17) is 0 Å². The Morgan fingerprint density at radius 2 is 1.57 bits per heavy atom. The fourth-order valence-electron chi connectivity index (χ4n) is 4.25. The highest BCUT2D eigenvalue weighted by molar-refractivity contribution is 7.92. The number of carbonyl (C=O) groups excluding carboxylic acids is 2. The average Bonchev–Trinajstić information content (AvgIpc) is 2.90. The van der Waals surface area contributed by atoms with Gasteiger partial charge in [-0.1, -0.05) is 36.4 Å². The number of carbonyl (C=O) groups is 2. The van der Waals surface area contributed by atoms with E-state index in [-0.39, 0.29) is 22.9 Å². The van der Waals surface area contributed by atoms with Gasteiger partial charge in [0.1, 0.15) is 0 Å². The first-order valence-electron chi connectivity index (χ1n) is 11.8. The molecule has 1 N–H and O–H groups in total. The van der Waals surface area contributed by atoms with E-state index in [9.17, 15) is 18.0 Å². The van der Waals surface area contributed by atoms with Crippen molar-refractivity contribution in [1.29, 1.82) is 0 Å². The van der Waals surface area contributed by atoms with Crippen molar-refractivity contribution in [3.05, 3.63) is 90.0 Å². The van der Waals surface area contributed by atoms with Crippen molar-refractivity contribution in [1.82, 2.24) is 4.90 Å². The monoisotopic (exact) mass is 491 g/mol. The molecule has 1 saturated heterocycles. The van der Waals surface area contributed by atoms with Gasteiger partial charge in [0.05, 0.1) is 21.8 Å². The highest BCUT2D eigenvalue weighted by Gasteiger charge is 2.25. The maximum Gasteiger partial charge on any atom is 0.264 e. The Balaban J connectivity index is 1.58. The molecule has 0 aromatic heterocycles. The molecular formula is C27H29N3O4S. The molecule has 35 heavy (non-hydrogen) atoms. The smallest absolute Gasteiger partial charge is 0.264 e. The third-order valence-corrected chi connectivity index (χ3v) is 7.96. The molecule has 8 heteroatoms. The molecule has 0 spiro atoms. The van der Waals surface area contributed by atoms with E-state index in [0.717, 1.165) is 19.3 Å². The van der Waals surface area contributed by atoms with Crippen LogP contribution in [0.3, 0.4) is 0 Å². The molecular weight excluding hydrogens is 462 g/mol. The van der Waals surface area contributed by atoms with Crippen LogP contribution >= 0.6 is 0 Å². The van der Waals surface area contributed by atoms with Gasteiger partial charge in [0.15, 0.2) is 0 Å². The van der Waals surface area contributed by atoms with Crippen LogP contribution < -0.4 is 9.62 Å². The normalized spacial score (nSPS) is 13.8. The topological polar surface area (TPSA) is 86.8 Å². The van der Waals surface area contributed by atoms with Crippen LogP contribution in [-0.2, 0) is 10.0 Å². The van der Waals surface area contributed by atoms with E-state index < -0.39 is 15.9 Å². The Hall–Kier alpha value is -3.65. The van der Waals surface area contributed by atoms with Crippen LogP contribution in [0.2, 0.25) is 0 Å². The number of rotatable bonds is 7. The predicted molar refractivity (Wildman–Crippen MR) is 137 cm³/mol. The average molecular weight is 492 g/mol. The van der Waals surface area contributed by atoms with Crippen LogP contribution in [0.4, 0.5) is 11.4 Å². The molecule has 182 valence electrons. The summed E-state index contributed by atoms with van der Waals surface area (Å²) in [6, 6.07) is 21.7. The van der Waals surface area contributed by atoms with Crippen molar-refractivity contribution in [2.75, 3.05) is 29.3 Å². The molecule has 0 bridgehead atoms. The van der Waals surface area contributed by atoms with Gasteiger partial charge in [-0.25, -0.2) is 8.42 Å². The number of amides is 2. The van der Waals surface area contributed by atoms with E-state index in [1.54, 1.807) is 67.6 Å². The molecule has 0 atom stereocenters.